The van der Waals surface area contributed by atoms with E-state index in [0.29, 0.717) is 46.4 Å². The molecular formula is C22H28Cl2N2O4. The van der Waals surface area contributed by atoms with Gasteiger partial charge >= 0.3 is 5.97 Å². The van der Waals surface area contributed by atoms with E-state index in [9.17, 15) is 20.1 Å². The number of halogens is 2. The summed E-state index contributed by atoms with van der Waals surface area (Å²) in [7, 11) is 0. The normalized spacial score (nSPS) is 14.3. The lowest BCUT2D eigenvalue weighted by Gasteiger charge is -2.23. The van der Waals surface area contributed by atoms with Crippen LogP contribution in [-0.4, -0.2) is 34.4 Å². The molecule has 0 spiro atoms. The molecule has 2 aromatic carbocycles. The van der Waals surface area contributed by atoms with Gasteiger partial charge in [0.1, 0.15) is 0 Å². The van der Waals surface area contributed by atoms with Crippen LogP contribution >= 0.6 is 23.2 Å². The van der Waals surface area contributed by atoms with Gasteiger partial charge in [-0.3, -0.25) is 0 Å². The Kier molecular flexibility index (Phi) is 9.39. The fourth-order valence-corrected chi connectivity index (χ4v) is 3.73. The summed E-state index contributed by atoms with van der Waals surface area (Å²) in [4.78, 5) is 11.6. The lowest BCUT2D eigenvalue weighted by molar-refractivity contribution is -0.160. The van der Waals surface area contributed by atoms with Crippen molar-refractivity contribution in [2.45, 2.75) is 43.8 Å². The predicted octanol–water partition coefficient (Wildman–Crippen LogP) is 4.12. The molecule has 0 radical (unpaired) electrons. The Balaban J connectivity index is 1.67. The number of nitrogens with two attached hydrogens (primary N) is 1. The number of aliphatic hydroxyl groups is 2. The van der Waals surface area contributed by atoms with Crippen LogP contribution in [0.5, 0.6) is 0 Å². The first-order chi connectivity index (χ1) is 14.3. The molecule has 0 amide bonds. The monoisotopic (exact) mass is 454 g/mol. The number of carboxylic acid groups (broad SMARTS) is 1. The number of nitrogen functional groups attached to an aromatic ring is 1. The fraction of sp³-hybridized carbons (Fsp3) is 0.409. The minimum absolute atomic E-state index is 0.164. The van der Waals surface area contributed by atoms with Gasteiger partial charge in [0.25, 0.3) is 0 Å². The molecule has 2 atom stereocenters. The SMILES string of the molecule is Nc1c(Cl)cc(C(O)CNCCCCCCC(O)(C(=O)O)c2ccccc2)cc1Cl. The van der Waals surface area contributed by atoms with E-state index in [-0.39, 0.29) is 6.42 Å². The molecule has 0 saturated carbocycles. The summed E-state index contributed by atoms with van der Waals surface area (Å²) in [6, 6.07) is 11.7. The van der Waals surface area contributed by atoms with Crippen LogP contribution in [0.25, 0.3) is 0 Å². The van der Waals surface area contributed by atoms with Crippen molar-refractivity contribution >= 4 is 34.9 Å². The van der Waals surface area contributed by atoms with E-state index in [4.69, 9.17) is 28.9 Å². The van der Waals surface area contributed by atoms with Gasteiger partial charge in [0.2, 0.25) is 0 Å². The van der Waals surface area contributed by atoms with Crippen LogP contribution in [0.3, 0.4) is 0 Å². The lowest BCUT2D eigenvalue weighted by atomic mass is 9.88. The van der Waals surface area contributed by atoms with Gasteiger partial charge in [0.15, 0.2) is 5.60 Å². The molecule has 0 saturated heterocycles. The molecule has 2 aromatic rings. The summed E-state index contributed by atoms with van der Waals surface area (Å²) in [5.74, 6) is -1.23. The van der Waals surface area contributed by atoms with Crippen LogP contribution in [0.2, 0.25) is 10.0 Å². The van der Waals surface area contributed by atoms with Gasteiger partial charge in [-0.2, -0.15) is 0 Å². The summed E-state index contributed by atoms with van der Waals surface area (Å²) >= 11 is 12.0. The molecule has 0 bridgehead atoms. The maximum absolute atomic E-state index is 11.6. The van der Waals surface area contributed by atoms with Gasteiger partial charge in [-0.25, -0.2) is 4.79 Å². The molecule has 6 nitrogen and oxygen atoms in total. The van der Waals surface area contributed by atoms with Crippen molar-refractivity contribution in [2.24, 2.45) is 0 Å². The summed E-state index contributed by atoms with van der Waals surface area (Å²) in [5, 5.41) is 34.1. The third-order valence-electron chi connectivity index (χ3n) is 5.07. The molecular weight excluding hydrogens is 427 g/mol. The third-order valence-corrected chi connectivity index (χ3v) is 5.70. The molecule has 2 unspecified atom stereocenters. The average molecular weight is 455 g/mol. The molecule has 0 fully saturated rings. The highest BCUT2D eigenvalue weighted by molar-refractivity contribution is 6.38. The van der Waals surface area contributed by atoms with E-state index in [0.717, 1.165) is 19.3 Å². The Bertz CT molecular complexity index is 812. The van der Waals surface area contributed by atoms with Crippen molar-refractivity contribution in [2.75, 3.05) is 18.8 Å². The van der Waals surface area contributed by atoms with Crippen LogP contribution in [-0.2, 0) is 10.4 Å². The molecule has 6 N–H and O–H groups in total. The van der Waals surface area contributed by atoms with Gasteiger partial charge in [-0.1, -0.05) is 66.4 Å². The Hall–Kier alpha value is -1.83. The Labute approximate surface area is 186 Å². The van der Waals surface area contributed by atoms with Crippen molar-refractivity contribution in [1.29, 1.82) is 0 Å². The number of carboxylic acids is 1. The number of unbranched alkanes of at least 4 members (excludes halogenated alkanes) is 3. The number of benzene rings is 2. The summed E-state index contributed by atoms with van der Waals surface area (Å²) in [6.07, 6.45) is 2.56. The van der Waals surface area contributed by atoms with E-state index in [1.807, 2.05) is 0 Å². The third kappa shape index (κ3) is 6.59. The quantitative estimate of drug-likeness (QED) is 0.243. The zero-order valence-corrected chi connectivity index (χ0v) is 18.2. The summed E-state index contributed by atoms with van der Waals surface area (Å²) < 4.78 is 0. The number of anilines is 1. The molecule has 8 heteroatoms. The van der Waals surface area contributed by atoms with E-state index in [1.54, 1.807) is 42.5 Å². The summed E-state index contributed by atoms with van der Waals surface area (Å²) in [5.41, 5.74) is 5.13. The van der Waals surface area contributed by atoms with Crippen molar-refractivity contribution in [3.05, 3.63) is 63.6 Å². The van der Waals surface area contributed by atoms with Crippen molar-refractivity contribution in [1.82, 2.24) is 5.32 Å². The molecule has 0 aliphatic heterocycles. The molecule has 0 heterocycles. The maximum atomic E-state index is 11.6. The molecule has 0 aliphatic carbocycles. The van der Waals surface area contributed by atoms with Gasteiger partial charge in [-0.05, 0) is 49.1 Å². The summed E-state index contributed by atoms with van der Waals surface area (Å²) in [6.45, 7) is 1.05. The highest BCUT2D eigenvalue weighted by atomic mass is 35.5. The van der Waals surface area contributed by atoms with Gasteiger partial charge in [0.05, 0.1) is 21.8 Å². The fourth-order valence-electron chi connectivity index (χ4n) is 3.23. The highest BCUT2D eigenvalue weighted by Gasteiger charge is 2.37. The first kappa shape index (κ1) is 24.4. The highest BCUT2D eigenvalue weighted by Crippen LogP contribution is 2.31. The van der Waals surface area contributed by atoms with E-state index < -0.39 is 17.7 Å². The van der Waals surface area contributed by atoms with E-state index in [2.05, 4.69) is 5.32 Å². The second-order valence-electron chi connectivity index (χ2n) is 7.31. The second-order valence-corrected chi connectivity index (χ2v) is 8.13. The van der Waals surface area contributed by atoms with E-state index >= 15 is 0 Å². The van der Waals surface area contributed by atoms with Crippen LogP contribution < -0.4 is 11.1 Å². The number of hydrogen-bond acceptors (Lipinski definition) is 5. The minimum atomic E-state index is -1.86. The largest absolute Gasteiger partial charge is 0.479 e. The number of rotatable bonds is 12. The number of aliphatic hydroxyl groups excluding tert-OH is 1. The molecule has 0 aromatic heterocycles. The minimum Gasteiger partial charge on any atom is -0.479 e. The smallest absolute Gasteiger partial charge is 0.340 e. The second kappa shape index (κ2) is 11.5. The standard InChI is InChI=1S/C22H28Cl2N2O4/c23-17-12-15(13-18(24)20(17)25)19(27)14-26-11-7-2-1-6-10-22(30,21(28)29)16-8-4-3-5-9-16/h3-5,8-9,12-13,19,26-27,30H,1-2,6-7,10-11,14,25H2,(H,28,29). The van der Waals surface area contributed by atoms with Gasteiger partial charge in [0, 0.05) is 6.54 Å². The van der Waals surface area contributed by atoms with Crippen molar-refractivity contribution < 1.29 is 20.1 Å². The van der Waals surface area contributed by atoms with Crippen LogP contribution in [0, 0.1) is 0 Å². The average Bonchev–Trinajstić information content (AvgIpc) is 2.73. The molecule has 30 heavy (non-hydrogen) atoms. The molecule has 164 valence electrons. The zero-order chi connectivity index (χ0) is 22.1. The van der Waals surface area contributed by atoms with Crippen molar-refractivity contribution in [3.63, 3.8) is 0 Å². The topological polar surface area (TPSA) is 116 Å². The molecule has 2 rings (SSSR count). The van der Waals surface area contributed by atoms with E-state index in [1.165, 1.54) is 0 Å². The zero-order valence-electron chi connectivity index (χ0n) is 16.7. The number of aliphatic carboxylic acids is 1. The van der Waals surface area contributed by atoms with Crippen LogP contribution in [0.4, 0.5) is 5.69 Å². The first-order valence-corrected chi connectivity index (χ1v) is 10.7. The van der Waals surface area contributed by atoms with Crippen LogP contribution in [0.1, 0.15) is 49.3 Å². The van der Waals surface area contributed by atoms with Gasteiger partial charge in [-0.15, -0.1) is 0 Å². The Morgan fingerprint density at radius 3 is 2.27 bits per heavy atom. The van der Waals surface area contributed by atoms with Crippen LogP contribution in [0.15, 0.2) is 42.5 Å². The van der Waals surface area contributed by atoms with Crippen molar-refractivity contribution in [3.8, 4) is 0 Å². The lowest BCUT2D eigenvalue weighted by Crippen LogP contribution is -2.35. The Morgan fingerprint density at radius 2 is 1.67 bits per heavy atom. The molecule has 0 aliphatic rings. The number of carbonyl (C=O) groups is 1. The predicted molar refractivity (Wildman–Crippen MR) is 120 cm³/mol. The first-order valence-electron chi connectivity index (χ1n) is 9.90. The number of hydrogen-bond donors (Lipinski definition) is 5. The number of nitrogens with one attached hydrogen (secondary N) is 1. The maximum Gasteiger partial charge on any atom is 0.340 e. The Morgan fingerprint density at radius 1 is 1.07 bits per heavy atom. The van der Waals surface area contributed by atoms with Gasteiger partial charge < -0.3 is 26.4 Å².